The fourth-order valence-electron chi connectivity index (χ4n) is 2.80. The first-order valence-electron chi connectivity index (χ1n) is 8.63. The molecule has 7 heteroatoms. The summed E-state index contributed by atoms with van der Waals surface area (Å²) in [4.78, 5) is 38.4. The van der Waals surface area contributed by atoms with Gasteiger partial charge >= 0.3 is 5.97 Å². The standard InChI is InChI=1S/C20H24N2O5/c1-12-6-5-7-16(10-12)26-9-8-21-17(24)11-27-20(25)19-13(2)18(15(4)23)14(3)22-19/h5-7,10,22H,8-9,11H2,1-4H3,(H,21,24). The number of Topliss-reactive ketones (excluding diaryl/α,β-unsaturated/α-hetero) is 1. The van der Waals surface area contributed by atoms with Crippen LogP contribution in [0.5, 0.6) is 5.75 Å². The number of aryl methyl sites for hydroxylation is 2. The molecular weight excluding hydrogens is 348 g/mol. The van der Waals surface area contributed by atoms with Crippen LogP contribution in [0.25, 0.3) is 0 Å². The van der Waals surface area contributed by atoms with Gasteiger partial charge in [-0.05, 0) is 51.0 Å². The molecule has 0 radical (unpaired) electrons. The van der Waals surface area contributed by atoms with Gasteiger partial charge in [-0.25, -0.2) is 4.79 Å². The van der Waals surface area contributed by atoms with E-state index in [9.17, 15) is 14.4 Å². The van der Waals surface area contributed by atoms with E-state index in [1.807, 2.05) is 31.2 Å². The van der Waals surface area contributed by atoms with Crippen molar-refractivity contribution in [3.63, 3.8) is 0 Å². The lowest BCUT2D eigenvalue weighted by Crippen LogP contribution is -2.32. The van der Waals surface area contributed by atoms with E-state index >= 15 is 0 Å². The number of ketones is 1. The van der Waals surface area contributed by atoms with E-state index < -0.39 is 18.5 Å². The highest BCUT2D eigenvalue weighted by Crippen LogP contribution is 2.19. The van der Waals surface area contributed by atoms with Crippen LogP contribution < -0.4 is 10.1 Å². The largest absolute Gasteiger partial charge is 0.492 e. The van der Waals surface area contributed by atoms with Gasteiger partial charge in [0.15, 0.2) is 12.4 Å². The number of aromatic amines is 1. The predicted molar refractivity (Wildman–Crippen MR) is 100 cm³/mol. The number of benzene rings is 1. The molecular formula is C20H24N2O5. The van der Waals surface area contributed by atoms with Crippen molar-refractivity contribution in [1.29, 1.82) is 0 Å². The smallest absolute Gasteiger partial charge is 0.355 e. The van der Waals surface area contributed by atoms with E-state index in [4.69, 9.17) is 9.47 Å². The highest BCUT2D eigenvalue weighted by atomic mass is 16.5. The van der Waals surface area contributed by atoms with E-state index in [0.29, 0.717) is 30.0 Å². The van der Waals surface area contributed by atoms with Crippen molar-refractivity contribution < 1.29 is 23.9 Å². The Morgan fingerprint density at radius 2 is 1.89 bits per heavy atom. The summed E-state index contributed by atoms with van der Waals surface area (Å²) in [5.41, 5.74) is 2.88. The number of carbonyl (C=O) groups excluding carboxylic acids is 3. The number of carbonyl (C=O) groups is 3. The summed E-state index contributed by atoms with van der Waals surface area (Å²) < 4.78 is 10.5. The zero-order valence-corrected chi connectivity index (χ0v) is 16.0. The van der Waals surface area contributed by atoms with Crippen LogP contribution in [0.3, 0.4) is 0 Å². The van der Waals surface area contributed by atoms with Crippen LogP contribution in [-0.2, 0) is 9.53 Å². The minimum Gasteiger partial charge on any atom is -0.492 e. The van der Waals surface area contributed by atoms with Crippen LogP contribution in [-0.4, -0.2) is 42.4 Å². The Bertz CT molecular complexity index is 854. The fourth-order valence-corrected chi connectivity index (χ4v) is 2.80. The Hall–Kier alpha value is -3.09. The molecule has 0 aliphatic rings. The van der Waals surface area contributed by atoms with Gasteiger partial charge in [0.25, 0.3) is 5.91 Å². The summed E-state index contributed by atoms with van der Waals surface area (Å²) in [5.74, 6) is -0.501. The van der Waals surface area contributed by atoms with Gasteiger partial charge in [0, 0.05) is 11.3 Å². The van der Waals surface area contributed by atoms with Crippen LogP contribution >= 0.6 is 0 Å². The molecule has 0 aliphatic heterocycles. The van der Waals surface area contributed by atoms with E-state index in [2.05, 4.69) is 10.3 Å². The number of amides is 1. The molecule has 27 heavy (non-hydrogen) atoms. The molecule has 144 valence electrons. The van der Waals surface area contributed by atoms with Gasteiger partial charge in [0.2, 0.25) is 0 Å². The van der Waals surface area contributed by atoms with E-state index in [1.165, 1.54) is 6.92 Å². The van der Waals surface area contributed by atoms with Crippen molar-refractivity contribution in [1.82, 2.24) is 10.3 Å². The molecule has 7 nitrogen and oxygen atoms in total. The number of hydrogen-bond acceptors (Lipinski definition) is 5. The Kier molecular flexibility index (Phi) is 6.76. The van der Waals surface area contributed by atoms with Crippen molar-refractivity contribution in [2.45, 2.75) is 27.7 Å². The van der Waals surface area contributed by atoms with Gasteiger partial charge in [-0.2, -0.15) is 0 Å². The van der Waals surface area contributed by atoms with Crippen LogP contribution in [0.4, 0.5) is 0 Å². The maximum atomic E-state index is 12.1. The van der Waals surface area contributed by atoms with Crippen molar-refractivity contribution >= 4 is 17.7 Å². The molecule has 0 aliphatic carbocycles. The summed E-state index contributed by atoms with van der Waals surface area (Å²) in [7, 11) is 0. The number of aromatic nitrogens is 1. The highest BCUT2D eigenvalue weighted by Gasteiger charge is 2.21. The first-order chi connectivity index (χ1) is 12.8. The van der Waals surface area contributed by atoms with Crippen molar-refractivity contribution in [2.75, 3.05) is 19.8 Å². The number of hydrogen-bond donors (Lipinski definition) is 2. The molecule has 0 atom stereocenters. The SMILES string of the molecule is CC(=O)c1c(C)[nH]c(C(=O)OCC(=O)NCCOc2cccc(C)c2)c1C. The van der Waals surface area contributed by atoms with Gasteiger partial charge in [-0.1, -0.05) is 12.1 Å². The molecule has 1 amide bonds. The second-order valence-electron chi connectivity index (χ2n) is 6.27. The lowest BCUT2D eigenvalue weighted by Gasteiger charge is -2.09. The molecule has 1 aromatic carbocycles. The maximum Gasteiger partial charge on any atom is 0.355 e. The monoisotopic (exact) mass is 372 g/mol. The Balaban J connectivity index is 1.76. The Morgan fingerprint density at radius 3 is 2.52 bits per heavy atom. The molecule has 2 aromatic rings. The first-order valence-corrected chi connectivity index (χ1v) is 8.63. The van der Waals surface area contributed by atoms with Crippen LogP contribution in [0.1, 0.15) is 44.6 Å². The van der Waals surface area contributed by atoms with Crippen LogP contribution in [0, 0.1) is 20.8 Å². The molecule has 2 rings (SSSR count). The van der Waals surface area contributed by atoms with E-state index in [1.54, 1.807) is 13.8 Å². The number of esters is 1. The Labute approximate surface area is 158 Å². The average molecular weight is 372 g/mol. The molecule has 2 N–H and O–H groups in total. The third kappa shape index (κ3) is 5.44. The zero-order chi connectivity index (χ0) is 20.0. The Morgan fingerprint density at radius 1 is 1.15 bits per heavy atom. The summed E-state index contributed by atoms with van der Waals surface area (Å²) in [6.45, 7) is 6.97. The minimum absolute atomic E-state index is 0.133. The second kappa shape index (κ2) is 9.02. The predicted octanol–water partition coefficient (Wildman–Crippen LogP) is 2.49. The lowest BCUT2D eigenvalue weighted by molar-refractivity contribution is -0.124. The third-order valence-corrected chi connectivity index (χ3v) is 4.01. The van der Waals surface area contributed by atoms with Crippen molar-refractivity contribution in [3.8, 4) is 5.75 Å². The van der Waals surface area contributed by atoms with E-state index in [-0.39, 0.29) is 11.5 Å². The molecule has 0 fully saturated rings. The molecule has 0 spiro atoms. The minimum atomic E-state index is -0.672. The summed E-state index contributed by atoms with van der Waals surface area (Å²) in [5, 5.41) is 2.62. The molecule has 0 unspecified atom stereocenters. The maximum absolute atomic E-state index is 12.1. The number of nitrogens with one attached hydrogen (secondary N) is 2. The molecule has 1 aromatic heterocycles. The van der Waals surface area contributed by atoms with Gasteiger partial charge < -0.3 is 19.8 Å². The summed E-state index contributed by atoms with van der Waals surface area (Å²) in [6.07, 6.45) is 0. The van der Waals surface area contributed by atoms with Crippen LogP contribution in [0.15, 0.2) is 24.3 Å². The first kappa shape index (κ1) is 20.2. The summed E-state index contributed by atoms with van der Waals surface area (Å²) in [6, 6.07) is 7.60. The van der Waals surface area contributed by atoms with E-state index in [0.717, 1.165) is 11.3 Å². The van der Waals surface area contributed by atoms with Gasteiger partial charge in [-0.3, -0.25) is 9.59 Å². The average Bonchev–Trinajstić information content (AvgIpc) is 2.91. The molecule has 0 saturated carbocycles. The van der Waals surface area contributed by atoms with Crippen molar-refractivity contribution in [3.05, 3.63) is 52.3 Å². The van der Waals surface area contributed by atoms with Gasteiger partial charge in [-0.15, -0.1) is 0 Å². The number of ether oxygens (including phenoxy) is 2. The second-order valence-corrected chi connectivity index (χ2v) is 6.27. The topological polar surface area (TPSA) is 97.5 Å². The normalized spacial score (nSPS) is 10.4. The number of rotatable bonds is 8. The fraction of sp³-hybridized carbons (Fsp3) is 0.350. The van der Waals surface area contributed by atoms with Gasteiger partial charge in [0.05, 0.1) is 6.54 Å². The lowest BCUT2D eigenvalue weighted by atomic mass is 10.1. The molecule has 1 heterocycles. The highest BCUT2D eigenvalue weighted by molar-refractivity contribution is 6.01. The zero-order valence-electron chi connectivity index (χ0n) is 16.0. The number of H-pyrrole nitrogens is 1. The third-order valence-electron chi connectivity index (χ3n) is 4.01. The van der Waals surface area contributed by atoms with Crippen molar-refractivity contribution in [2.24, 2.45) is 0 Å². The quantitative estimate of drug-likeness (QED) is 0.421. The summed E-state index contributed by atoms with van der Waals surface area (Å²) >= 11 is 0. The van der Waals surface area contributed by atoms with Crippen LogP contribution in [0.2, 0.25) is 0 Å². The molecule has 0 saturated heterocycles. The van der Waals surface area contributed by atoms with Gasteiger partial charge in [0.1, 0.15) is 18.1 Å². The molecule has 0 bridgehead atoms.